The van der Waals surface area contributed by atoms with Gasteiger partial charge in [0.2, 0.25) is 10.0 Å². The number of ether oxygens (including phenoxy) is 1. The van der Waals surface area contributed by atoms with E-state index in [1.807, 2.05) is 6.92 Å². The predicted octanol–water partition coefficient (Wildman–Crippen LogP) is 0.118. The molecule has 0 radical (unpaired) electrons. The number of nitrogens with zero attached hydrogens (tertiary/aromatic N) is 2. The Morgan fingerprint density at radius 3 is 2.67 bits per heavy atom. The van der Waals surface area contributed by atoms with E-state index in [-0.39, 0.29) is 10.6 Å². The first kappa shape index (κ1) is 17.6. The lowest BCUT2D eigenvalue weighted by Gasteiger charge is -2.16. The van der Waals surface area contributed by atoms with Crippen LogP contribution in [-0.2, 0) is 21.2 Å². The van der Waals surface area contributed by atoms with Crippen LogP contribution in [0.4, 0.5) is 0 Å². The first-order valence-electron chi connectivity index (χ1n) is 6.67. The number of H-pyrrole nitrogens is 1. The molecule has 120 valence electrons. The lowest BCUT2D eigenvalue weighted by atomic mass is 10.2. The molecule has 0 atom stereocenters. The molecule has 0 spiro atoms. The predicted molar refractivity (Wildman–Crippen MR) is 77.4 cm³/mol. The second kappa shape index (κ2) is 7.53. The minimum Gasteiger partial charge on any atom is -0.385 e. The molecular formula is C12H22N4O4S. The number of carbonyl (C=O) groups is 1. The van der Waals surface area contributed by atoms with Crippen LogP contribution in [0.5, 0.6) is 0 Å². The van der Waals surface area contributed by atoms with Crippen LogP contribution in [0, 0.1) is 0 Å². The maximum atomic E-state index is 12.3. The number of aryl methyl sites for hydroxylation is 1. The Kier molecular flexibility index (Phi) is 6.31. The summed E-state index contributed by atoms with van der Waals surface area (Å²) >= 11 is 0. The Morgan fingerprint density at radius 2 is 2.14 bits per heavy atom. The lowest BCUT2D eigenvalue weighted by molar-refractivity contribution is 0.0769. The van der Waals surface area contributed by atoms with Crippen LogP contribution in [-0.4, -0.2) is 56.7 Å². The van der Waals surface area contributed by atoms with Crippen LogP contribution in [0.15, 0.2) is 4.90 Å². The Bertz CT molecular complexity index is 582. The van der Waals surface area contributed by atoms with Gasteiger partial charge in [0.25, 0.3) is 5.91 Å². The second-order valence-corrected chi connectivity index (χ2v) is 6.25. The van der Waals surface area contributed by atoms with E-state index in [0.29, 0.717) is 38.1 Å². The van der Waals surface area contributed by atoms with Gasteiger partial charge in [-0.2, -0.15) is 5.10 Å². The van der Waals surface area contributed by atoms with Gasteiger partial charge in [0, 0.05) is 27.3 Å². The summed E-state index contributed by atoms with van der Waals surface area (Å²) < 4.78 is 28.4. The van der Waals surface area contributed by atoms with Crippen molar-refractivity contribution < 1.29 is 17.9 Å². The summed E-state index contributed by atoms with van der Waals surface area (Å²) in [5.74, 6) is -0.478. The maximum Gasteiger partial charge on any atom is 0.275 e. The van der Waals surface area contributed by atoms with Crippen LogP contribution in [0.2, 0.25) is 0 Å². The van der Waals surface area contributed by atoms with Gasteiger partial charge >= 0.3 is 0 Å². The number of aromatic nitrogens is 2. The van der Waals surface area contributed by atoms with Crippen molar-refractivity contribution in [1.29, 1.82) is 0 Å². The highest BCUT2D eigenvalue weighted by molar-refractivity contribution is 7.89. The summed E-state index contributed by atoms with van der Waals surface area (Å²) in [5.41, 5.74) is 0.217. The molecule has 0 saturated heterocycles. The number of rotatable bonds is 8. The number of nitrogens with one attached hydrogen (secondary N) is 1. The number of amides is 1. The van der Waals surface area contributed by atoms with Crippen molar-refractivity contribution in [2.45, 2.75) is 31.1 Å². The molecule has 9 heteroatoms. The summed E-state index contributed by atoms with van der Waals surface area (Å²) in [6.07, 6.45) is 1.82. The Labute approximate surface area is 124 Å². The normalized spacial score (nSPS) is 11.6. The summed E-state index contributed by atoms with van der Waals surface area (Å²) in [4.78, 5) is 13.5. The minimum absolute atomic E-state index is 0.152. The monoisotopic (exact) mass is 318 g/mol. The van der Waals surface area contributed by atoms with Crippen LogP contribution in [0.1, 0.15) is 35.9 Å². The fraction of sp³-hybridized carbons (Fsp3) is 0.667. The third kappa shape index (κ3) is 4.51. The summed E-state index contributed by atoms with van der Waals surface area (Å²) in [7, 11) is -0.855. The smallest absolute Gasteiger partial charge is 0.275 e. The van der Waals surface area contributed by atoms with E-state index in [1.54, 1.807) is 14.2 Å². The third-order valence-corrected chi connectivity index (χ3v) is 3.98. The van der Waals surface area contributed by atoms with Crippen LogP contribution in [0.25, 0.3) is 0 Å². The molecule has 1 amide bonds. The molecule has 21 heavy (non-hydrogen) atoms. The van der Waals surface area contributed by atoms with Gasteiger partial charge in [-0.1, -0.05) is 13.3 Å². The van der Waals surface area contributed by atoms with E-state index in [2.05, 4.69) is 10.2 Å². The molecule has 0 aromatic carbocycles. The van der Waals surface area contributed by atoms with Crippen LogP contribution < -0.4 is 5.14 Å². The Balaban J connectivity index is 3.04. The molecule has 8 nitrogen and oxygen atoms in total. The zero-order chi connectivity index (χ0) is 16.0. The Hall–Kier alpha value is -1.45. The van der Waals surface area contributed by atoms with E-state index >= 15 is 0 Å². The summed E-state index contributed by atoms with van der Waals surface area (Å²) in [6.45, 7) is 2.85. The van der Waals surface area contributed by atoms with E-state index in [1.165, 1.54) is 4.90 Å². The number of primary sulfonamides is 1. The first-order valence-corrected chi connectivity index (χ1v) is 8.22. The molecule has 0 bridgehead atoms. The molecule has 1 aromatic heterocycles. The van der Waals surface area contributed by atoms with E-state index in [4.69, 9.17) is 9.88 Å². The van der Waals surface area contributed by atoms with Crippen molar-refractivity contribution in [3.05, 3.63) is 11.4 Å². The fourth-order valence-corrected chi connectivity index (χ4v) is 2.86. The van der Waals surface area contributed by atoms with Gasteiger partial charge in [-0.05, 0) is 12.8 Å². The molecular weight excluding hydrogens is 296 g/mol. The lowest BCUT2D eigenvalue weighted by Crippen LogP contribution is -2.30. The number of methoxy groups -OCH3 is 1. The summed E-state index contributed by atoms with van der Waals surface area (Å²) in [6, 6.07) is 0. The van der Waals surface area contributed by atoms with E-state index < -0.39 is 15.9 Å². The topological polar surface area (TPSA) is 118 Å². The van der Waals surface area contributed by atoms with Gasteiger partial charge in [-0.3, -0.25) is 9.89 Å². The standard InChI is InChI=1S/C12H22N4O4S/c1-4-6-9-11(21(13,18)19)10(15-14-9)12(17)16(2)7-5-8-20-3/h4-8H2,1-3H3,(H,14,15)(H2,13,18,19). The Morgan fingerprint density at radius 1 is 1.48 bits per heavy atom. The van der Waals surface area contributed by atoms with Crippen molar-refractivity contribution in [3.63, 3.8) is 0 Å². The average Bonchev–Trinajstić information content (AvgIpc) is 2.82. The molecule has 1 rings (SSSR count). The van der Waals surface area contributed by atoms with Gasteiger partial charge < -0.3 is 9.64 Å². The molecule has 1 heterocycles. The zero-order valence-electron chi connectivity index (χ0n) is 12.5. The zero-order valence-corrected chi connectivity index (χ0v) is 13.4. The molecule has 0 unspecified atom stereocenters. The third-order valence-electron chi connectivity index (χ3n) is 2.97. The highest BCUT2D eigenvalue weighted by Gasteiger charge is 2.28. The first-order chi connectivity index (χ1) is 9.82. The number of hydrogen-bond donors (Lipinski definition) is 2. The fourth-order valence-electron chi connectivity index (χ4n) is 1.97. The van der Waals surface area contributed by atoms with Gasteiger partial charge in [0.05, 0.1) is 5.69 Å². The second-order valence-electron chi connectivity index (χ2n) is 4.75. The molecule has 3 N–H and O–H groups in total. The van der Waals surface area contributed by atoms with Crippen molar-refractivity contribution in [1.82, 2.24) is 15.1 Å². The molecule has 0 aliphatic heterocycles. The highest BCUT2D eigenvalue weighted by Crippen LogP contribution is 2.19. The molecule has 0 aliphatic carbocycles. The van der Waals surface area contributed by atoms with Crippen molar-refractivity contribution in [3.8, 4) is 0 Å². The molecule has 0 fully saturated rings. The number of nitrogens with two attached hydrogens (primary N) is 1. The van der Waals surface area contributed by atoms with Gasteiger partial charge in [-0.25, -0.2) is 13.6 Å². The van der Waals surface area contributed by atoms with Crippen LogP contribution >= 0.6 is 0 Å². The maximum absolute atomic E-state index is 12.3. The van der Waals surface area contributed by atoms with Crippen molar-refractivity contribution in [2.24, 2.45) is 5.14 Å². The van der Waals surface area contributed by atoms with Gasteiger partial charge in [0.15, 0.2) is 5.69 Å². The average molecular weight is 318 g/mol. The van der Waals surface area contributed by atoms with Crippen molar-refractivity contribution in [2.75, 3.05) is 27.3 Å². The number of carbonyl (C=O) groups excluding carboxylic acids is 1. The SMILES string of the molecule is CCCc1[nH]nc(C(=O)N(C)CCCOC)c1S(N)(=O)=O. The highest BCUT2D eigenvalue weighted by atomic mass is 32.2. The molecule has 0 saturated carbocycles. The van der Waals surface area contributed by atoms with Gasteiger partial charge in [0.1, 0.15) is 4.90 Å². The van der Waals surface area contributed by atoms with E-state index in [0.717, 1.165) is 0 Å². The molecule has 0 aliphatic rings. The van der Waals surface area contributed by atoms with Crippen molar-refractivity contribution >= 4 is 15.9 Å². The van der Waals surface area contributed by atoms with Gasteiger partial charge in [-0.15, -0.1) is 0 Å². The van der Waals surface area contributed by atoms with Crippen LogP contribution in [0.3, 0.4) is 0 Å². The molecule has 1 aromatic rings. The quantitative estimate of drug-likeness (QED) is 0.660. The van der Waals surface area contributed by atoms with E-state index in [9.17, 15) is 13.2 Å². The summed E-state index contributed by atoms with van der Waals surface area (Å²) in [5, 5.41) is 11.7. The number of sulfonamides is 1. The minimum atomic E-state index is -4.01. The number of aromatic amines is 1. The largest absolute Gasteiger partial charge is 0.385 e. The number of hydrogen-bond acceptors (Lipinski definition) is 5.